The lowest BCUT2D eigenvalue weighted by Crippen LogP contribution is -2.60. The molecule has 1 saturated carbocycles. The van der Waals surface area contributed by atoms with Gasteiger partial charge >= 0.3 is 0 Å². The molecule has 2 N–H and O–H groups in total. The first kappa shape index (κ1) is 16.8. The van der Waals surface area contributed by atoms with Crippen molar-refractivity contribution in [1.82, 2.24) is 20.1 Å². The number of aryl methyl sites for hydroxylation is 1. The smallest absolute Gasteiger partial charge is 0.234 e. The van der Waals surface area contributed by atoms with Crippen LogP contribution in [0.5, 0.6) is 0 Å². The van der Waals surface area contributed by atoms with Gasteiger partial charge in [-0.05, 0) is 26.8 Å². The van der Waals surface area contributed by atoms with Gasteiger partial charge in [-0.1, -0.05) is 6.42 Å². The summed E-state index contributed by atoms with van der Waals surface area (Å²) < 4.78 is 0. The minimum absolute atomic E-state index is 0.0687. The molecule has 3 atom stereocenters. The zero-order valence-electron chi connectivity index (χ0n) is 13.9. The monoisotopic (exact) mass is 338 g/mol. The van der Waals surface area contributed by atoms with Crippen LogP contribution in [-0.4, -0.2) is 70.7 Å². The average molecular weight is 338 g/mol. The molecule has 3 rings (SSSR count). The number of carbonyl (C=O) groups is 1. The third-order valence-electron chi connectivity index (χ3n) is 5.13. The largest absolute Gasteiger partial charge is 0.390 e. The van der Waals surface area contributed by atoms with E-state index in [4.69, 9.17) is 0 Å². The van der Waals surface area contributed by atoms with Crippen LogP contribution in [0.3, 0.4) is 0 Å². The van der Waals surface area contributed by atoms with Crippen molar-refractivity contribution < 1.29 is 9.90 Å². The fourth-order valence-electron chi connectivity index (χ4n) is 3.78. The van der Waals surface area contributed by atoms with E-state index in [0.29, 0.717) is 13.1 Å². The van der Waals surface area contributed by atoms with Crippen molar-refractivity contribution in [3.8, 4) is 0 Å². The first-order valence-corrected chi connectivity index (χ1v) is 9.22. The molecule has 1 aromatic rings. The van der Waals surface area contributed by atoms with Crippen LogP contribution in [0.2, 0.25) is 0 Å². The topological polar surface area (TPSA) is 68.7 Å². The zero-order valence-corrected chi connectivity index (χ0v) is 14.7. The number of piperazine rings is 1. The van der Waals surface area contributed by atoms with Gasteiger partial charge in [0.05, 0.1) is 23.9 Å². The van der Waals surface area contributed by atoms with Gasteiger partial charge in [-0.2, -0.15) is 0 Å². The number of aliphatic hydroxyl groups excluding tert-OH is 1. The molecule has 1 aromatic heterocycles. The second-order valence-electron chi connectivity index (χ2n) is 6.65. The molecule has 23 heavy (non-hydrogen) atoms. The highest BCUT2D eigenvalue weighted by Crippen LogP contribution is 2.28. The number of nitrogens with zero attached hydrogens (tertiary/aromatic N) is 3. The summed E-state index contributed by atoms with van der Waals surface area (Å²) in [7, 11) is 2.08. The van der Waals surface area contributed by atoms with Crippen molar-refractivity contribution in [2.24, 2.45) is 0 Å². The second-order valence-corrected chi connectivity index (χ2v) is 7.59. The Bertz CT molecular complexity index is 550. The van der Waals surface area contributed by atoms with Crippen molar-refractivity contribution >= 4 is 17.2 Å². The Labute approximate surface area is 141 Å². The van der Waals surface area contributed by atoms with Gasteiger partial charge in [0.15, 0.2) is 0 Å². The highest BCUT2D eigenvalue weighted by atomic mass is 32.1. The Balaban J connectivity index is 1.65. The van der Waals surface area contributed by atoms with Crippen LogP contribution in [0.25, 0.3) is 0 Å². The van der Waals surface area contributed by atoms with Crippen molar-refractivity contribution in [1.29, 1.82) is 0 Å². The molecule has 2 fully saturated rings. The summed E-state index contributed by atoms with van der Waals surface area (Å²) in [6, 6.07) is 0.227. The number of nitrogens with one attached hydrogen (secondary N) is 1. The molecular formula is C16H26N4O2S. The second kappa shape index (κ2) is 7.25. The van der Waals surface area contributed by atoms with E-state index in [1.165, 1.54) is 4.88 Å². The fourth-order valence-corrected chi connectivity index (χ4v) is 4.62. The molecular weight excluding hydrogens is 312 g/mol. The molecule has 0 bridgehead atoms. The lowest BCUT2D eigenvalue weighted by molar-refractivity contribution is -0.127. The minimum Gasteiger partial charge on any atom is -0.390 e. The Morgan fingerprint density at radius 3 is 3.04 bits per heavy atom. The molecule has 1 aliphatic heterocycles. The third kappa shape index (κ3) is 3.74. The molecule has 0 aromatic carbocycles. The van der Waals surface area contributed by atoms with Gasteiger partial charge in [0, 0.05) is 36.6 Å². The van der Waals surface area contributed by atoms with E-state index in [1.54, 1.807) is 11.3 Å². The molecule has 2 heterocycles. The Kier molecular flexibility index (Phi) is 5.31. The normalized spacial score (nSPS) is 29.7. The number of rotatable bonds is 4. The Morgan fingerprint density at radius 2 is 2.35 bits per heavy atom. The number of aliphatic hydroxyl groups is 1. The standard InChI is InChI=1S/C16H26N4O2S/c1-11-14(23-10-18-11)8-19(2)12-4-3-5-13(16(12)22)20-7-6-17-15(21)9-20/h10,12-13,16,22H,3-9H2,1-2H3,(H,17,21)/t12-,13-,16-/m1/s1. The predicted molar refractivity (Wildman–Crippen MR) is 90.3 cm³/mol. The fraction of sp³-hybridized carbons (Fsp3) is 0.750. The number of amides is 1. The summed E-state index contributed by atoms with van der Waals surface area (Å²) in [6.07, 6.45) is 2.66. The van der Waals surface area contributed by atoms with Crippen LogP contribution >= 0.6 is 11.3 Å². The molecule has 7 heteroatoms. The van der Waals surface area contributed by atoms with E-state index >= 15 is 0 Å². The molecule has 0 unspecified atom stereocenters. The molecule has 0 spiro atoms. The number of thiazole rings is 1. The van der Waals surface area contributed by atoms with Gasteiger partial charge in [-0.15, -0.1) is 11.3 Å². The number of hydrogen-bond donors (Lipinski definition) is 2. The van der Waals surface area contributed by atoms with Crippen molar-refractivity contribution in [2.75, 3.05) is 26.7 Å². The van der Waals surface area contributed by atoms with Gasteiger partial charge in [0.1, 0.15) is 0 Å². The molecule has 0 radical (unpaired) electrons. The zero-order chi connectivity index (χ0) is 16.4. The summed E-state index contributed by atoms with van der Waals surface area (Å²) in [5.74, 6) is 0.0687. The maximum Gasteiger partial charge on any atom is 0.234 e. The van der Waals surface area contributed by atoms with Gasteiger partial charge in [0.2, 0.25) is 5.91 Å². The first-order valence-electron chi connectivity index (χ1n) is 8.34. The molecule has 1 aliphatic carbocycles. The quantitative estimate of drug-likeness (QED) is 0.841. The van der Waals surface area contributed by atoms with Gasteiger partial charge in [-0.3, -0.25) is 14.6 Å². The van der Waals surface area contributed by atoms with E-state index in [9.17, 15) is 9.90 Å². The lowest BCUT2D eigenvalue weighted by Gasteiger charge is -2.45. The van der Waals surface area contributed by atoms with Crippen molar-refractivity contribution in [3.63, 3.8) is 0 Å². The summed E-state index contributed by atoms with van der Waals surface area (Å²) >= 11 is 1.67. The van der Waals surface area contributed by atoms with Crippen LogP contribution in [0.4, 0.5) is 0 Å². The highest BCUT2D eigenvalue weighted by Gasteiger charge is 2.38. The van der Waals surface area contributed by atoms with Crippen LogP contribution in [0.1, 0.15) is 29.8 Å². The van der Waals surface area contributed by atoms with Crippen LogP contribution in [-0.2, 0) is 11.3 Å². The van der Waals surface area contributed by atoms with Crippen molar-refractivity contribution in [2.45, 2.75) is 50.9 Å². The van der Waals surface area contributed by atoms with Crippen LogP contribution < -0.4 is 5.32 Å². The van der Waals surface area contributed by atoms with E-state index in [0.717, 1.165) is 38.0 Å². The van der Waals surface area contributed by atoms with E-state index in [-0.39, 0.29) is 18.0 Å². The van der Waals surface area contributed by atoms with Gasteiger partial charge in [0.25, 0.3) is 0 Å². The summed E-state index contributed by atoms with van der Waals surface area (Å²) in [5, 5.41) is 13.8. The Morgan fingerprint density at radius 1 is 1.52 bits per heavy atom. The molecule has 128 valence electrons. The molecule has 2 aliphatic rings. The summed E-state index contributed by atoms with van der Waals surface area (Å²) in [5.41, 5.74) is 2.96. The molecule has 1 amide bonds. The SMILES string of the molecule is Cc1ncsc1CN(C)[C@@H]1CCC[C@@H](N2CCNC(=O)C2)[C@@H]1O. The van der Waals surface area contributed by atoms with E-state index in [1.807, 2.05) is 12.4 Å². The van der Waals surface area contributed by atoms with E-state index < -0.39 is 6.10 Å². The summed E-state index contributed by atoms with van der Waals surface area (Å²) in [4.78, 5) is 21.6. The number of hydrogen-bond acceptors (Lipinski definition) is 6. The lowest BCUT2D eigenvalue weighted by atomic mass is 9.86. The number of carbonyl (C=O) groups excluding carboxylic acids is 1. The molecule has 6 nitrogen and oxygen atoms in total. The highest BCUT2D eigenvalue weighted by molar-refractivity contribution is 7.09. The minimum atomic E-state index is -0.409. The van der Waals surface area contributed by atoms with Gasteiger partial charge in [-0.25, -0.2) is 4.98 Å². The number of aromatic nitrogens is 1. The average Bonchev–Trinajstić information content (AvgIpc) is 2.92. The van der Waals surface area contributed by atoms with Crippen LogP contribution in [0, 0.1) is 6.92 Å². The van der Waals surface area contributed by atoms with E-state index in [2.05, 4.69) is 27.1 Å². The van der Waals surface area contributed by atoms with Crippen LogP contribution in [0.15, 0.2) is 5.51 Å². The Hall–Kier alpha value is -1.02. The van der Waals surface area contributed by atoms with Crippen molar-refractivity contribution in [3.05, 3.63) is 16.1 Å². The summed E-state index contributed by atoms with van der Waals surface area (Å²) in [6.45, 7) is 4.78. The predicted octanol–water partition coefficient (Wildman–Crippen LogP) is 0.597. The maximum absolute atomic E-state index is 11.6. The third-order valence-corrected chi connectivity index (χ3v) is 6.05. The molecule has 1 saturated heterocycles. The number of likely N-dealkylation sites (N-methyl/N-ethyl adjacent to an activating group) is 1. The first-order chi connectivity index (χ1) is 11.1. The maximum atomic E-state index is 11.6. The van der Waals surface area contributed by atoms with Gasteiger partial charge < -0.3 is 10.4 Å².